The average molecular weight is 532 g/mol. The SMILES string of the molecule is O=[N+]([O-])[O-].O=[N+]([O-])[O-].O=[N+]([O-])[O-].[Cl][Ru]([Cl])[Cl].[La+3]. The van der Waals surface area contributed by atoms with Crippen molar-refractivity contribution in [1.82, 2.24) is 0 Å². The van der Waals surface area contributed by atoms with Gasteiger partial charge in [0, 0.05) is 0 Å². The van der Waals surface area contributed by atoms with E-state index in [9.17, 15) is 0 Å². The van der Waals surface area contributed by atoms with Crippen LogP contribution in [-0.2, 0) is 13.0 Å². The van der Waals surface area contributed by atoms with E-state index in [4.69, 9.17) is 75.0 Å². The molecule has 0 saturated heterocycles. The Morgan fingerprint density at radius 2 is 0.647 bits per heavy atom. The Morgan fingerprint density at radius 1 is 0.647 bits per heavy atom. The Kier molecular flexibility index (Phi) is 45.0. The minimum atomic E-state index is -1.75. The summed E-state index contributed by atoms with van der Waals surface area (Å²) in [6, 6.07) is 0. The van der Waals surface area contributed by atoms with E-state index in [1.807, 2.05) is 0 Å². The molecule has 0 radical (unpaired) electrons. The Labute approximate surface area is 137 Å². The van der Waals surface area contributed by atoms with Crippen molar-refractivity contribution in [1.29, 1.82) is 0 Å². The van der Waals surface area contributed by atoms with Gasteiger partial charge >= 0.3 is 77.7 Å². The molecule has 0 aliphatic rings. The maximum atomic E-state index is 8.25. The van der Waals surface area contributed by atoms with E-state index in [2.05, 4.69) is 0 Å². The van der Waals surface area contributed by atoms with Gasteiger partial charge in [-0.15, -0.1) is 0 Å². The predicted octanol–water partition coefficient (Wildman–Crippen LogP) is 1.35. The Morgan fingerprint density at radius 3 is 0.647 bits per heavy atom. The van der Waals surface area contributed by atoms with Gasteiger partial charge in [0.2, 0.25) is 0 Å². The normalized spacial score (nSPS) is 6.88. The molecule has 0 aliphatic heterocycles. The first-order valence-electron chi connectivity index (χ1n) is 2.04. The van der Waals surface area contributed by atoms with E-state index in [0.717, 1.165) is 0 Å². The third kappa shape index (κ3) is 40000. The van der Waals surface area contributed by atoms with Crippen molar-refractivity contribution in [3.05, 3.63) is 46.0 Å². The topological polar surface area (TPSA) is 199 Å². The first kappa shape index (κ1) is 30.4. The van der Waals surface area contributed by atoms with Crippen molar-refractivity contribution >= 4 is 29.1 Å². The molecule has 0 aromatic carbocycles. The molecule has 0 aromatic heterocycles. The summed E-state index contributed by atoms with van der Waals surface area (Å²) in [5, 5.41) is 44.2. The molecule has 101 valence electrons. The fraction of sp³-hybridized carbons (Fsp3) is 0. The van der Waals surface area contributed by atoms with Crippen LogP contribution in [-0.4, -0.2) is 15.3 Å². The largest absolute Gasteiger partial charge is 3.00 e. The van der Waals surface area contributed by atoms with Crippen LogP contribution in [0.2, 0.25) is 0 Å². The van der Waals surface area contributed by atoms with Gasteiger partial charge in [-0.05, 0) is 0 Å². The van der Waals surface area contributed by atoms with Crippen LogP contribution in [0, 0.1) is 81.6 Å². The van der Waals surface area contributed by atoms with Crippen molar-refractivity contribution in [3.63, 3.8) is 0 Å². The minimum absolute atomic E-state index is 0. The zero-order valence-electron chi connectivity index (χ0n) is 7.08. The standard InChI is InChI=1S/3ClH.La.3NO3.Ru/c;;;;3*2-1(3)4;/h3*1H;;;;;/q;;;+3;3*-1;+3/p-3. The number of halogens is 3. The summed E-state index contributed by atoms with van der Waals surface area (Å²) in [6.07, 6.45) is 0. The van der Waals surface area contributed by atoms with Crippen LogP contribution in [0.25, 0.3) is 0 Å². The molecule has 0 fully saturated rings. The van der Waals surface area contributed by atoms with Gasteiger partial charge in [-0.3, -0.25) is 0 Å². The Balaban J connectivity index is -0.0000000369. The summed E-state index contributed by atoms with van der Waals surface area (Å²) in [4.78, 5) is 24.8. The molecule has 0 atom stereocenters. The van der Waals surface area contributed by atoms with Crippen LogP contribution in [0.5, 0.6) is 0 Å². The zero-order chi connectivity index (χ0) is 14.3. The van der Waals surface area contributed by atoms with Crippen LogP contribution in [0.15, 0.2) is 0 Å². The van der Waals surface area contributed by atoms with Gasteiger partial charge < -0.3 is 46.0 Å². The third-order valence-corrected chi connectivity index (χ3v) is 0. The fourth-order valence-corrected chi connectivity index (χ4v) is 0. The van der Waals surface area contributed by atoms with Crippen LogP contribution >= 0.6 is 29.1 Å². The molecule has 0 aliphatic carbocycles. The van der Waals surface area contributed by atoms with E-state index in [-0.39, 0.29) is 35.6 Å². The van der Waals surface area contributed by atoms with Crippen molar-refractivity contribution in [3.8, 4) is 0 Å². The third-order valence-electron chi connectivity index (χ3n) is 0. The number of nitrogens with zero attached hydrogens (tertiary/aromatic N) is 3. The van der Waals surface area contributed by atoms with Crippen molar-refractivity contribution in [2.45, 2.75) is 0 Å². The van der Waals surface area contributed by atoms with Crippen molar-refractivity contribution in [2.24, 2.45) is 0 Å². The van der Waals surface area contributed by atoms with Crippen LogP contribution in [0.3, 0.4) is 0 Å². The predicted molar refractivity (Wildman–Crippen MR) is 48.6 cm³/mol. The van der Waals surface area contributed by atoms with E-state index in [0.29, 0.717) is 0 Å². The minimum Gasteiger partial charge on any atom is 3.00 e. The van der Waals surface area contributed by atoms with Gasteiger partial charge in [-0.2, -0.15) is 0 Å². The summed E-state index contributed by atoms with van der Waals surface area (Å²) in [6.45, 7) is 0. The Bertz CT molecular complexity index is 159. The van der Waals surface area contributed by atoms with E-state index in [1.165, 1.54) is 0 Å². The molecule has 0 N–H and O–H groups in total. The van der Waals surface area contributed by atoms with Crippen LogP contribution in [0.1, 0.15) is 0 Å². The van der Waals surface area contributed by atoms with Crippen LogP contribution in [0.4, 0.5) is 0 Å². The number of hydrogen-bond acceptors (Lipinski definition) is 9. The van der Waals surface area contributed by atoms with Crippen molar-refractivity contribution in [2.75, 3.05) is 0 Å². The molecule has 0 saturated carbocycles. The summed E-state index contributed by atoms with van der Waals surface area (Å²) in [7, 11) is 14.8. The quantitative estimate of drug-likeness (QED) is 0.251. The second-order valence-electron chi connectivity index (χ2n) is 0.822. The molecule has 0 amide bonds. The molecule has 12 nitrogen and oxygen atoms in total. The molecular formula is Cl3LaN3O9Ru. The summed E-state index contributed by atoms with van der Waals surface area (Å²) >= 11 is -1.75. The zero-order valence-corrected chi connectivity index (χ0v) is 14.7. The van der Waals surface area contributed by atoms with Gasteiger partial charge in [0.15, 0.2) is 0 Å². The Hall–Kier alpha value is 0.288. The molecule has 17 heavy (non-hydrogen) atoms. The first-order chi connectivity index (χ1) is 6.93. The molecule has 0 rings (SSSR count). The maximum Gasteiger partial charge on any atom is 3.00 e. The molecule has 0 spiro atoms. The molecule has 0 unspecified atom stereocenters. The first-order valence-corrected chi connectivity index (χ1v) is 8.76. The van der Waals surface area contributed by atoms with E-state index < -0.39 is 28.2 Å². The molecule has 17 heteroatoms. The number of rotatable bonds is 0. The van der Waals surface area contributed by atoms with Gasteiger partial charge in [0.1, 0.15) is 0 Å². The van der Waals surface area contributed by atoms with Gasteiger partial charge in [-0.25, -0.2) is 0 Å². The molecule has 0 heterocycles. The number of hydrogen-bond donors (Lipinski definition) is 0. The maximum absolute atomic E-state index is 8.25. The summed E-state index contributed by atoms with van der Waals surface area (Å²) in [5.74, 6) is 0. The smallest absolute Gasteiger partial charge is 3.00 e. The molecular weight excluding hydrogens is 532 g/mol. The van der Waals surface area contributed by atoms with Crippen LogP contribution < -0.4 is 0 Å². The van der Waals surface area contributed by atoms with Crippen molar-refractivity contribution < 1.29 is 63.8 Å². The molecule has 0 bridgehead atoms. The van der Waals surface area contributed by atoms with Gasteiger partial charge in [0.05, 0.1) is 15.3 Å². The van der Waals surface area contributed by atoms with Gasteiger partial charge in [0.25, 0.3) is 0 Å². The van der Waals surface area contributed by atoms with Gasteiger partial charge in [-0.1, -0.05) is 0 Å². The average Bonchev–Trinajstić information content (AvgIpc) is 1.76. The summed E-state index contributed by atoms with van der Waals surface area (Å²) < 4.78 is 0. The summed E-state index contributed by atoms with van der Waals surface area (Å²) in [5.41, 5.74) is 0. The second-order valence-corrected chi connectivity index (χ2v) is 8.74. The fourth-order valence-electron chi connectivity index (χ4n) is 0. The second kappa shape index (κ2) is 25.2. The van der Waals surface area contributed by atoms with E-state index in [1.54, 1.807) is 0 Å². The van der Waals surface area contributed by atoms with E-state index >= 15 is 0 Å². The monoisotopic (exact) mass is 532 g/mol. The molecule has 0 aromatic rings.